The van der Waals surface area contributed by atoms with E-state index in [0.717, 1.165) is 34.0 Å². The van der Waals surface area contributed by atoms with Crippen LogP contribution in [0.5, 0.6) is 11.5 Å². The molecule has 0 spiro atoms. The molecule has 2 aromatic carbocycles. The number of nitrogen functional groups attached to an aromatic ring is 1. The second-order valence-electron chi connectivity index (χ2n) is 5.06. The number of hydrogen-bond acceptors (Lipinski definition) is 4. The summed E-state index contributed by atoms with van der Waals surface area (Å²) in [5, 5.41) is 0. The van der Waals surface area contributed by atoms with Gasteiger partial charge in [-0.2, -0.15) is 0 Å². The van der Waals surface area contributed by atoms with Gasteiger partial charge in [-0.05, 0) is 41.5 Å². The Balaban J connectivity index is 1.60. The van der Waals surface area contributed by atoms with Crippen LogP contribution in [-0.4, -0.2) is 12.5 Å². The second kappa shape index (κ2) is 4.66. The molecule has 2 aromatic rings. The predicted octanol–water partition coefficient (Wildman–Crippen LogP) is 3.01. The standard InChI is InChI=1S/C17H14N2O2/c18-13-3-4-14-12(8-13)9-19-15(14)5-1-11-2-6-16-17(7-11)21-10-20-16/h1-8H,9-10,18H2/b5-1+. The fraction of sp³-hybridized carbons (Fsp3) is 0.118. The SMILES string of the molecule is Nc1ccc2c(c1)CN=C2/C=C/c1ccc2c(c1)OCO2. The number of hydrogen-bond donors (Lipinski definition) is 1. The van der Waals surface area contributed by atoms with Crippen molar-refractivity contribution in [3.63, 3.8) is 0 Å². The first kappa shape index (κ1) is 12.0. The average molecular weight is 278 g/mol. The van der Waals surface area contributed by atoms with Crippen LogP contribution in [0.3, 0.4) is 0 Å². The van der Waals surface area contributed by atoms with Crippen molar-refractivity contribution in [3.8, 4) is 11.5 Å². The Morgan fingerprint density at radius 1 is 1.00 bits per heavy atom. The molecule has 0 bridgehead atoms. The molecule has 0 amide bonds. The number of aliphatic imine (C=N–C) groups is 1. The third-order valence-corrected chi connectivity index (χ3v) is 3.66. The smallest absolute Gasteiger partial charge is 0.231 e. The first-order valence-corrected chi connectivity index (χ1v) is 6.80. The molecule has 0 aliphatic carbocycles. The van der Waals surface area contributed by atoms with Gasteiger partial charge in [0, 0.05) is 11.3 Å². The van der Waals surface area contributed by atoms with Gasteiger partial charge in [-0.15, -0.1) is 0 Å². The Kier molecular flexibility index (Phi) is 2.67. The van der Waals surface area contributed by atoms with E-state index in [1.807, 2.05) is 48.6 Å². The fourth-order valence-electron chi connectivity index (χ4n) is 2.58. The Labute approximate surface area is 122 Å². The van der Waals surface area contributed by atoms with Gasteiger partial charge in [0.2, 0.25) is 6.79 Å². The van der Waals surface area contributed by atoms with Gasteiger partial charge in [0.1, 0.15) is 0 Å². The molecule has 0 saturated carbocycles. The van der Waals surface area contributed by atoms with E-state index < -0.39 is 0 Å². The minimum absolute atomic E-state index is 0.296. The summed E-state index contributed by atoms with van der Waals surface area (Å²) in [6.45, 7) is 0.991. The molecule has 0 fully saturated rings. The first-order valence-electron chi connectivity index (χ1n) is 6.80. The van der Waals surface area contributed by atoms with E-state index >= 15 is 0 Å². The quantitative estimate of drug-likeness (QED) is 0.859. The van der Waals surface area contributed by atoms with Gasteiger partial charge in [0.05, 0.1) is 12.3 Å². The molecule has 21 heavy (non-hydrogen) atoms. The minimum Gasteiger partial charge on any atom is -0.454 e. The topological polar surface area (TPSA) is 56.8 Å². The number of nitrogens with zero attached hydrogens (tertiary/aromatic N) is 1. The van der Waals surface area contributed by atoms with Crippen molar-refractivity contribution in [1.82, 2.24) is 0 Å². The maximum Gasteiger partial charge on any atom is 0.231 e. The molecule has 0 saturated heterocycles. The molecular formula is C17H14N2O2. The number of ether oxygens (including phenoxy) is 2. The molecule has 2 heterocycles. The summed E-state index contributed by atoms with van der Waals surface area (Å²) in [5.41, 5.74) is 11.0. The Morgan fingerprint density at radius 2 is 1.90 bits per heavy atom. The van der Waals surface area contributed by atoms with Crippen LogP contribution in [0, 0.1) is 0 Å². The van der Waals surface area contributed by atoms with Crippen LogP contribution in [0.1, 0.15) is 16.7 Å². The number of rotatable bonds is 2. The number of fused-ring (bicyclic) bond motifs is 2. The summed E-state index contributed by atoms with van der Waals surface area (Å²) in [7, 11) is 0. The van der Waals surface area contributed by atoms with Crippen molar-refractivity contribution in [2.75, 3.05) is 12.5 Å². The zero-order valence-corrected chi connectivity index (χ0v) is 11.4. The monoisotopic (exact) mass is 278 g/mol. The van der Waals surface area contributed by atoms with Crippen molar-refractivity contribution < 1.29 is 9.47 Å². The molecule has 104 valence electrons. The van der Waals surface area contributed by atoms with Crippen molar-refractivity contribution in [2.45, 2.75) is 6.54 Å². The molecule has 4 heteroatoms. The number of nitrogens with two attached hydrogens (primary N) is 1. The molecule has 4 rings (SSSR count). The third-order valence-electron chi connectivity index (χ3n) is 3.66. The van der Waals surface area contributed by atoms with Crippen molar-refractivity contribution >= 4 is 17.5 Å². The molecule has 2 aliphatic heterocycles. The van der Waals surface area contributed by atoms with E-state index in [4.69, 9.17) is 15.2 Å². The highest BCUT2D eigenvalue weighted by Gasteiger charge is 2.14. The lowest BCUT2D eigenvalue weighted by atomic mass is 10.0. The first-order chi connectivity index (χ1) is 10.3. The summed E-state index contributed by atoms with van der Waals surface area (Å²) in [6.07, 6.45) is 4.06. The molecule has 0 radical (unpaired) electrons. The van der Waals surface area contributed by atoms with Crippen LogP contribution in [-0.2, 0) is 6.54 Å². The maximum atomic E-state index is 5.80. The summed E-state index contributed by atoms with van der Waals surface area (Å²) in [5.74, 6) is 1.59. The molecule has 2 aliphatic rings. The Bertz CT molecular complexity index is 778. The van der Waals surface area contributed by atoms with E-state index in [0.29, 0.717) is 13.3 Å². The van der Waals surface area contributed by atoms with E-state index in [9.17, 15) is 0 Å². The number of benzene rings is 2. The van der Waals surface area contributed by atoms with Crippen LogP contribution >= 0.6 is 0 Å². The summed E-state index contributed by atoms with van der Waals surface area (Å²) in [4.78, 5) is 4.55. The van der Waals surface area contributed by atoms with Gasteiger partial charge >= 0.3 is 0 Å². The van der Waals surface area contributed by atoms with Gasteiger partial charge in [0.25, 0.3) is 0 Å². The zero-order chi connectivity index (χ0) is 14.2. The van der Waals surface area contributed by atoms with Crippen LogP contribution in [0.2, 0.25) is 0 Å². The number of allylic oxidation sites excluding steroid dienone is 1. The van der Waals surface area contributed by atoms with E-state index in [-0.39, 0.29) is 0 Å². The van der Waals surface area contributed by atoms with Crippen LogP contribution in [0.15, 0.2) is 47.5 Å². The van der Waals surface area contributed by atoms with Crippen molar-refractivity contribution in [2.24, 2.45) is 4.99 Å². The highest BCUT2D eigenvalue weighted by atomic mass is 16.7. The zero-order valence-electron chi connectivity index (χ0n) is 11.4. The Hall–Kier alpha value is -2.75. The van der Waals surface area contributed by atoms with E-state index in [1.165, 1.54) is 5.56 Å². The summed E-state index contributed by atoms with van der Waals surface area (Å²) >= 11 is 0. The molecule has 2 N–H and O–H groups in total. The van der Waals surface area contributed by atoms with Gasteiger partial charge in [-0.1, -0.05) is 18.2 Å². The molecule has 0 unspecified atom stereocenters. The molecule has 0 atom stereocenters. The largest absolute Gasteiger partial charge is 0.454 e. The third kappa shape index (κ3) is 2.14. The predicted molar refractivity (Wildman–Crippen MR) is 82.7 cm³/mol. The highest BCUT2D eigenvalue weighted by molar-refractivity contribution is 6.13. The maximum absolute atomic E-state index is 5.80. The van der Waals surface area contributed by atoms with Gasteiger partial charge in [-0.25, -0.2) is 0 Å². The summed E-state index contributed by atoms with van der Waals surface area (Å²) < 4.78 is 10.7. The van der Waals surface area contributed by atoms with Gasteiger partial charge in [-0.3, -0.25) is 4.99 Å². The van der Waals surface area contributed by atoms with Crippen LogP contribution < -0.4 is 15.2 Å². The normalized spacial score (nSPS) is 15.3. The van der Waals surface area contributed by atoms with Gasteiger partial charge in [0.15, 0.2) is 11.5 Å². The highest BCUT2D eigenvalue weighted by Crippen LogP contribution is 2.33. The second-order valence-corrected chi connectivity index (χ2v) is 5.06. The molecular weight excluding hydrogens is 264 g/mol. The van der Waals surface area contributed by atoms with Crippen molar-refractivity contribution in [1.29, 1.82) is 0 Å². The number of anilines is 1. The van der Waals surface area contributed by atoms with Crippen LogP contribution in [0.25, 0.3) is 6.08 Å². The Morgan fingerprint density at radius 3 is 2.86 bits per heavy atom. The minimum atomic E-state index is 0.296. The van der Waals surface area contributed by atoms with E-state index in [1.54, 1.807) is 0 Å². The lowest BCUT2D eigenvalue weighted by Gasteiger charge is -2.01. The van der Waals surface area contributed by atoms with Crippen molar-refractivity contribution in [3.05, 3.63) is 59.2 Å². The lowest BCUT2D eigenvalue weighted by Crippen LogP contribution is -1.95. The average Bonchev–Trinajstić information content (AvgIpc) is 3.10. The fourth-order valence-corrected chi connectivity index (χ4v) is 2.58. The lowest BCUT2D eigenvalue weighted by molar-refractivity contribution is 0.174. The summed E-state index contributed by atoms with van der Waals surface area (Å²) in [6, 6.07) is 11.8. The van der Waals surface area contributed by atoms with Gasteiger partial charge < -0.3 is 15.2 Å². The molecule has 4 nitrogen and oxygen atoms in total. The van der Waals surface area contributed by atoms with E-state index in [2.05, 4.69) is 4.99 Å². The molecule has 0 aromatic heterocycles. The van der Waals surface area contributed by atoms with Crippen LogP contribution in [0.4, 0.5) is 5.69 Å².